The van der Waals surface area contributed by atoms with Crippen LogP contribution in [0.1, 0.15) is 41.8 Å². The van der Waals surface area contributed by atoms with E-state index in [4.69, 9.17) is 0 Å². The number of carbonyl (C=O) groups is 2. The third kappa shape index (κ3) is 4.06. The molecule has 1 unspecified atom stereocenters. The van der Waals surface area contributed by atoms with E-state index in [1.807, 2.05) is 13.8 Å². The fraction of sp³-hybridized carbons (Fsp3) is 0.333. The number of H-pyrrole nitrogens is 1. The van der Waals surface area contributed by atoms with Gasteiger partial charge in [-0.05, 0) is 63.1 Å². The molecule has 2 aromatic rings. The summed E-state index contributed by atoms with van der Waals surface area (Å²) in [6.45, 7) is 4.62. The molecular weight excluding hydrogens is 395 g/mol. The number of anilines is 2. The van der Waals surface area contributed by atoms with Gasteiger partial charge < -0.3 is 20.9 Å². The molecule has 4 rings (SSSR count). The number of nitrogens with one attached hydrogen (secondary N) is 4. The third-order valence-electron chi connectivity index (χ3n) is 5.40. The zero-order valence-electron chi connectivity index (χ0n) is 16.3. The number of aromatic amines is 1. The van der Waals surface area contributed by atoms with Crippen molar-refractivity contribution < 1.29 is 14.0 Å². The Hall–Kier alpha value is -2.64. The minimum Gasteiger partial charge on any atom is -0.357 e. The molecule has 154 valence electrons. The fourth-order valence-electron chi connectivity index (χ4n) is 3.84. The van der Waals surface area contributed by atoms with E-state index in [-0.39, 0.29) is 30.3 Å². The van der Waals surface area contributed by atoms with Gasteiger partial charge in [-0.25, -0.2) is 4.39 Å². The van der Waals surface area contributed by atoms with Crippen molar-refractivity contribution >= 4 is 47.2 Å². The Kier molecular flexibility index (Phi) is 6.10. The lowest BCUT2D eigenvalue weighted by Gasteiger charge is -2.22. The topological polar surface area (TPSA) is 86.0 Å². The highest BCUT2D eigenvalue weighted by molar-refractivity contribution is 6.34. The Balaban J connectivity index is 0.00000240. The number of aromatic nitrogens is 1. The van der Waals surface area contributed by atoms with E-state index in [9.17, 15) is 14.0 Å². The Labute approximate surface area is 174 Å². The van der Waals surface area contributed by atoms with Crippen LogP contribution in [0.2, 0.25) is 0 Å². The Morgan fingerprint density at radius 3 is 2.79 bits per heavy atom. The van der Waals surface area contributed by atoms with Crippen LogP contribution in [0.25, 0.3) is 11.6 Å². The fourth-order valence-corrected chi connectivity index (χ4v) is 3.84. The average molecular weight is 419 g/mol. The van der Waals surface area contributed by atoms with E-state index in [1.165, 1.54) is 12.1 Å². The number of fused-ring (bicyclic) bond motifs is 1. The zero-order chi connectivity index (χ0) is 19.8. The van der Waals surface area contributed by atoms with Crippen LogP contribution in [0.5, 0.6) is 0 Å². The van der Waals surface area contributed by atoms with Gasteiger partial charge in [-0.2, -0.15) is 0 Å². The van der Waals surface area contributed by atoms with Gasteiger partial charge in [0.15, 0.2) is 0 Å². The largest absolute Gasteiger partial charge is 0.357 e. The van der Waals surface area contributed by atoms with Crippen molar-refractivity contribution in [2.75, 3.05) is 17.2 Å². The SMILES string of the molecule is Cc1[nH]c(/C=C2\C(=O)Nc3ccc(F)cc32)c(C)c1NC(=O)C1CCCCN1.Cl. The normalized spacial score (nSPS) is 19.5. The standard InChI is InChI=1S/C21H23FN4O2.ClH/c1-11-18(10-15-14-9-13(22)6-7-16(14)25-20(15)27)24-12(2)19(11)26-21(28)17-5-3-4-8-23-17;/h6-7,9-10,17,23-24H,3-5,8H2,1-2H3,(H,25,27)(H,26,28);1H/b15-10-;. The van der Waals surface area contributed by atoms with E-state index in [0.717, 1.165) is 42.8 Å². The summed E-state index contributed by atoms with van der Waals surface area (Å²) in [7, 11) is 0. The number of carbonyl (C=O) groups excluding carboxylic acids is 2. The van der Waals surface area contributed by atoms with Crippen molar-refractivity contribution in [2.45, 2.75) is 39.2 Å². The summed E-state index contributed by atoms with van der Waals surface area (Å²) in [5.41, 5.74) is 4.61. The highest BCUT2D eigenvalue weighted by atomic mass is 35.5. The van der Waals surface area contributed by atoms with Gasteiger partial charge in [0.2, 0.25) is 5.91 Å². The maximum Gasteiger partial charge on any atom is 0.256 e. The first kappa shape index (κ1) is 21.1. The summed E-state index contributed by atoms with van der Waals surface area (Å²) in [5.74, 6) is -0.715. The number of piperidine rings is 1. The Bertz CT molecular complexity index is 993. The second kappa shape index (κ2) is 8.39. The van der Waals surface area contributed by atoms with E-state index >= 15 is 0 Å². The number of rotatable bonds is 3. The second-order valence-electron chi connectivity index (χ2n) is 7.36. The van der Waals surface area contributed by atoms with E-state index < -0.39 is 5.82 Å². The molecule has 1 aromatic carbocycles. The van der Waals surface area contributed by atoms with E-state index in [0.29, 0.717) is 22.5 Å². The predicted molar refractivity (Wildman–Crippen MR) is 115 cm³/mol. The number of amides is 2. The Morgan fingerprint density at radius 2 is 2.07 bits per heavy atom. The first-order chi connectivity index (χ1) is 13.4. The summed E-state index contributed by atoms with van der Waals surface area (Å²) in [5, 5.41) is 9.00. The molecule has 1 atom stereocenters. The number of halogens is 2. The van der Waals surface area contributed by atoms with Gasteiger partial charge in [0.05, 0.1) is 17.3 Å². The molecular formula is C21H24ClFN4O2. The van der Waals surface area contributed by atoms with Gasteiger partial charge in [0, 0.05) is 22.6 Å². The van der Waals surface area contributed by atoms with Crippen LogP contribution in [-0.2, 0) is 9.59 Å². The van der Waals surface area contributed by atoms with Crippen LogP contribution in [0.15, 0.2) is 18.2 Å². The zero-order valence-corrected chi connectivity index (χ0v) is 17.1. The second-order valence-corrected chi connectivity index (χ2v) is 7.36. The Morgan fingerprint density at radius 1 is 1.28 bits per heavy atom. The average Bonchev–Trinajstić information content (AvgIpc) is 3.13. The molecule has 2 aliphatic rings. The third-order valence-corrected chi connectivity index (χ3v) is 5.40. The molecule has 1 aromatic heterocycles. The highest BCUT2D eigenvalue weighted by Crippen LogP contribution is 2.35. The molecule has 2 aliphatic heterocycles. The molecule has 6 nitrogen and oxygen atoms in total. The molecule has 1 saturated heterocycles. The van der Waals surface area contributed by atoms with Gasteiger partial charge in [-0.1, -0.05) is 6.42 Å². The molecule has 0 radical (unpaired) electrons. The van der Waals surface area contributed by atoms with Gasteiger partial charge in [-0.15, -0.1) is 12.4 Å². The van der Waals surface area contributed by atoms with Crippen molar-refractivity contribution in [3.8, 4) is 0 Å². The summed E-state index contributed by atoms with van der Waals surface area (Å²) in [6.07, 6.45) is 4.66. The van der Waals surface area contributed by atoms with Gasteiger partial charge in [0.25, 0.3) is 5.91 Å². The molecule has 29 heavy (non-hydrogen) atoms. The number of hydrogen-bond acceptors (Lipinski definition) is 3. The van der Waals surface area contributed by atoms with Crippen LogP contribution >= 0.6 is 12.4 Å². The van der Waals surface area contributed by atoms with Crippen LogP contribution in [-0.4, -0.2) is 29.4 Å². The van der Waals surface area contributed by atoms with Crippen molar-refractivity contribution in [1.29, 1.82) is 0 Å². The van der Waals surface area contributed by atoms with E-state index in [2.05, 4.69) is 20.9 Å². The lowest BCUT2D eigenvalue weighted by Crippen LogP contribution is -2.43. The van der Waals surface area contributed by atoms with E-state index in [1.54, 1.807) is 12.1 Å². The molecule has 1 fully saturated rings. The lowest BCUT2D eigenvalue weighted by molar-refractivity contribution is -0.118. The van der Waals surface area contributed by atoms with Gasteiger partial charge in [0.1, 0.15) is 5.82 Å². The minimum absolute atomic E-state index is 0. The monoisotopic (exact) mass is 418 g/mol. The summed E-state index contributed by atoms with van der Waals surface area (Å²) < 4.78 is 13.6. The maximum absolute atomic E-state index is 13.6. The smallest absolute Gasteiger partial charge is 0.256 e. The van der Waals surface area contributed by atoms with Gasteiger partial charge >= 0.3 is 0 Å². The summed E-state index contributed by atoms with van der Waals surface area (Å²) in [6, 6.07) is 4.04. The van der Waals surface area contributed by atoms with Crippen molar-refractivity contribution in [3.05, 3.63) is 46.5 Å². The molecule has 3 heterocycles. The minimum atomic E-state index is -0.395. The first-order valence-electron chi connectivity index (χ1n) is 9.50. The number of aryl methyl sites for hydroxylation is 1. The maximum atomic E-state index is 13.6. The van der Waals surface area contributed by atoms with Crippen LogP contribution in [0.3, 0.4) is 0 Å². The quantitative estimate of drug-likeness (QED) is 0.572. The molecule has 0 bridgehead atoms. The highest BCUT2D eigenvalue weighted by Gasteiger charge is 2.26. The van der Waals surface area contributed by atoms with Crippen molar-refractivity contribution in [1.82, 2.24) is 10.3 Å². The molecule has 8 heteroatoms. The molecule has 0 saturated carbocycles. The van der Waals surface area contributed by atoms with Crippen molar-refractivity contribution in [2.24, 2.45) is 0 Å². The number of hydrogen-bond donors (Lipinski definition) is 4. The lowest BCUT2D eigenvalue weighted by atomic mass is 10.0. The molecule has 2 amide bonds. The van der Waals surface area contributed by atoms with Crippen LogP contribution in [0, 0.1) is 19.7 Å². The summed E-state index contributed by atoms with van der Waals surface area (Å²) >= 11 is 0. The summed E-state index contributed by atoms with van der Waals surface area (Å²) in [4.78, 5) is 28.1. The predicted octanol–water partition coefficient (Wildman–Crippen LogP) is 3.77. The van der Waals surface area contributed by atoms with Gasteiger partial charge in [-0.3, -0.25) is 9.59 Å². The van der Waals surface area contributed by atoms with Crippen LogP contribution < -0.4 is 16.0 Å². The van der Waals surface area contributed by atoms with Crippen LogP contribution in [0.4, 0.5) is 15.8 Å². The molecule has 4 N–H and O–H groups in total. The van der Waals surface area contributed by atoms with Crippen molar-refractivity contribution in [3.63, 3.8) is 0 Å². The first-order valence-corrected chi connectivity index (χ1v) is 9.50. The molecule has 0 spiro atoms. The number of benzene rings is 1. The molecule has 0 aliphatic carbocycles.